The van der Waals surface area contributed by atoms with Crippen LogP contribution < -0.4 is 5.32 Å². The molecule has 2 N–H and O–H groups in total. The number of anilines is 1. The van der Waals surface area contributed by atoms with Gasteiger partial charge in [-0.1, -0.05) is 37.5 Å². The van der Waals surface area contributed by atoms with Gasteiger partial charge in [-0.2, -0.15) is 0 Å². The Morgan fingerprint density at radius 2 is 1.71 bits per heavy atom. The number of halogens is 1. The maximum atomic E-state index is 11.4. The number of hydrogen-bond acceptors (Lipinski definition) is 2. The second-order valence-electron chi connectivity index (χ2n) is 4.44. The third-order valence-electron chi connectivity index (χ3n) is 3.27. The molecular weight excluding hydrogens is 238 g/mol. The summed E-state index contributed by atoms with van der Waals surface area (Å²) in [6.45, 7) is 0. The smallest absolute Gasteiger partial charge is 0.329 e. The fraction of sp³-hybridized carbons (Fsp3) is 0.462. The standard InChI is InChI=1S/C13H17NO2.ClH/c15-12(16)13(9-5-2-6-10-13)14-11-7-3-1-4-8-11;/h1,3-4,7-8,14H,2,5-6,9-10H2,(H,15,16);1H. The van der Waals surface area contributed by atoms with Crippen molar-refractivity contribution in [1.82, 2.24) is 0 Å². The molecule has 94 valence electrons. The molecule has 3 nitrogen and oxygen atoms in total. The Morgan fingerprint density at radius 3 is 2.24 bits per heavy atom. The molecule has 1 aliphatic rings. The molecule has 0 aliphatic heterocycles. The first-order valence-corrected chi connectivity index (χ1v) is 5.80. The Labute approximate surface area is 108 Å². The normalized spacial score (nSPS) is 17.9. The first kappa shape index (κ1) is 13.8. The van der Waals surface area contributed by atoms with Gasteiger partial charge in [0.15, 0.2) is 0 Å². The fourth-order valence-corrected chi connectivity index (χ4v) is 2.35. The van der Waals surface area contributed by atoms with E-state index in [2.05, 4.69) is 5.32 Å². The van der Waals surface area contributed by atoms with Crippen LogP contribution >= 0.6 is 12.4 Å². The number of nitrogens with one attached hydrogen (secondary N) is 1. The van der Waals surface area contributed by atoms with E-state index >= 15 is 0 Å². The van der Waals surface area contributed by atoms with Gasteiger partial charge in [-0.3, -0.25) is 0 Å². The van der Waals surface area contributed by atoms with E-state index in [9.17, 15) is 9.90 Å². The van der Waals surface area contributed by atoms with Gasteiger partial charge in [-0.25, -0.2) is 4.79 Å². The maximum Gasteiger partial charge on any atom is 0.329 e. The average Bonchev–Trinajstić information content (AvgIpc) is 2.31. The van der Waals surface area contributed by atoms with Gasteiger partial charge < -0.3 is 10.4 Å². The van der Waals surface area contributed by atoms with Crippen LogP contribution in [0.4, 0.5) is 5.69 Å². The molecule has 1 saturated carbocycles. The molecule has 0 aromatic heterocycles. The van der Waals surface area contributed by atoms with Crippen molar-refractivity contribution in [3.63, 3.8) is 0 Å². The second kappa shape index (κ2) is 5.92. The van der Waals surface area contributed by atoms with Crippen molar-refractivity contribution in [2.24, 2.45) is 0 Å². The van der Waals surface area contributed by atoms with Crippen molar-refractivity contribution in [1.29, 1.82) is 0 Å². The van der Waals surface area contributed by atoms with Gasteiger partial charge in [0.1, 0.15) is 5.54 Å². The van der Waals surface area contributed by atoms with Crippen LogP contribution in [-0.2, 0) is 4.79 Å². The lowest BCUT2D eigenvalue weighted by Crippen LogP contribution is -2.47. The summed E-state index contributed by atoms with van der Waals surface area (Å²) in [6.07, 6.45) is 4.57. The molecule has 1 fully saturated rings. The summed E-state index contributed by atoms with van der Waals surface area (Å²) in [6, 6.07) is 9.60. The summed E-state index contributed by atoms with van der Waals surface area (Å²) < 4.78 is 0. The van der Waals surface area contributed by atoms with Crippen LogP contribution in [0.5, 0.6) is 0 Å². The van der Waals surface area contributed by atoms with Gasteiger partial charge >= 0.3 is 5.97 Å². The SMILES string of the molecule is Cl.O=C(O)C1(Nc2ccccc2)CCCCC1. The summed E-state index contributed by atoms with van der Waals surface area (Å²) in [7, 11) is 0. The topological polar surface area (TPSA) is 49.3 Å². The van der Waals surface area contributed by atoms with Crippen LogP contribution in [0.1, 0.15) is 32.1 Å². The Balaban J connectivity index is 0.00000144. The van der Waals surface area contributed by atoms with Crippen molar-refractivity contribution in [2.75, 3.05) is 5.32 Å². The Kier molecular flexibility index (Phi) is 4.82. The average molecular weight is 256 g/mol. The lowest BCUT2D eigenvalue weighted by molar-refractivity contribution is -0.143. The van der Waals surface area contributed by atoms with Crippen LogP contribution in [0.3, 0.4) is 0 Å². The summed E-state index contributed by atoms with van der Waals surface area (Å²) in [5.74, 6) is -0.726. The fourth-order valence-electron chi connectivity index (χ4n) is 2.35. The van der Waals surface area contributed by atoms with Crippen molar-refractivity contribution in [3.05, 3.63) is 30.3 Å². The molecule has 0 radical (unpaired) electrons. The van der Waals surface area contributed by atoms with E-state index < -0.39 is 11.5 Å². The highest BCUT2D eigenvalue weighted by atomic mass is 35.5. The van der Waals surface area contributed by atoms with E-state index in [-0.39, 0.29) is 12.4 Å². The molecule has 0 amide bonds. The van der Waals surface area contributed by atoms with Gasteiger partial charge in [0.2, 0.25) is 0 Å². The third-order valence-corrected chi connectivity index (χ3v) is 3.27. The minimum atomic E-state index is -0.750. The summed E-state index contributed by atoms with van der Waals surface area (Å²) in [4.78, 5) is 11.4. The molecule has 1 aliphatic carbocycles. The highest BCUT2D eigenvalue weighted by Crippen LogP contribution is 2.31. The van der Waals surface area contributed by atoms with E-state index in [4.69, 9.17) is 0 Å². The highest BCUT2D eigenvalue weighted by molar-refractivity contribution is 5.85. The second-order valence-corrected chi connectivity index (χ2v) is 4.44. The molecule has 1 aromatic carbocycles. The number of para-hydroxylation sites is 1. The minimum absolute atomic E-state index is 0. The molecule has 0 bridgehead atoms. The van der Waals surface area contributed by atoms with Crippen LogP contribution in [0.2, 0.25) is 0 Å². The first-order chi connectivity index (χ1) is 7.73. The van der Waals surface area contributed by atoms with Crippen LogP contribution in [0.15, 0.2) is 30.3 Å². The van der Waals surface area contributed by atoms with E-state index in [1.165, 1.54) is 0 Å². The van der Waals surface area contributed by atoms with E-state index in [1.54, 1.807) is 0 Å². The van der Waals surface area contributed by atoms with Crippen molar-refractivity contribution >= 4 is 24.1 Å². The number of carboxylic acid groups (broad SMARTS) is 1. The van der Waals surface area contributed by atoms with Crippen LogP contribution in [-0.4, -0.2) is 16.6 Å². The molecular formula is C13H18ClNO2. The van der Waals surface area contributed by atoms with E-state index in [0.29, 0.717) is 0 Å². The molecule has 0 heterocycles. The highest BCUT2D eigenvalue weighted by Gasteiger charge is 2.39. The molecule has 17 heavy (non-hydrogen) atoms. The summed E-state index contributed by atoms with van der Waals surface area (Å²) in [5, 5.41) is 12.6. The molecule has 0 atom stereocenters. The Morgan fingerprint density at radius 1 is 1.12 bits per heavy atom. The molecule has 4 heteroatoms. The number of aliphatic carboxylic acids is 1. The molecule has 0 unspecified atom stereocenters. The summed E-state index contributed by atoms with van der Waals surface area (Å²) in [5.41, 5.74) is 0.145. The molecule has 2 rings (SSSR count). The number of carboxylic acids is 1. The van der Waals surface area contributed by atoms with Gasteiger partial charge in [0.05, 0.1) is 0 Å². The predicted octanol–water partition coefficient (Wildman–Crippen LogP) is 3.31. The zero-order valence-electron chi connectivity index (χ0n) is 9.69. The number of benzene rings is 1. The lowest BCUT2D eigenvalue weighted by atomic mass is 9.81. The predicted molar refractivity (Wildman–Crippen MR) is 70.8 cm³/mol. The Hall–Kier alpha value is -1.22. The van der Waals surface area contributed by atoms with Crippen molar-refractivity contribution in [2.45, 2.75) is 37.6 Å². The van der Waals surface area contributed by atoms with Crippen molar-refractivity contribution in [3.8, 4) is 0 Å². The van der Waals surface area contributed by atoms with Gasteiger partial charge in [-0.15, -0.1) is 12.4 Å². The van der Waals surface area contributed by atoms with Gasteiger partial charge in [0.25, 0.3) is 0 Å². The molecule has 0 spiro atoms. The largest absolute Gasteiger partial charge is 0.480 e. The monoisotopic (exact) mass is 255 g/mol. The van der Waals surface area contributed by atoms with Crippen LogP contribution in [0, 0.1) is 0 Å². The minimum Gasteiger partial charge on any atom is -0.480 e. The quantitative estimate of drug-likeness (QED) is 0.871. The van der Waals surface area contributed by atoms with E-state index in [0.717, 1.165) is 37.8 Å². The lowest BCUT2D eigenvalue weighted by Gasteiger charge is -2.34. The Bertz CT molecular complexity index is 361. The first-order valence-electron chi connectivity index (χ1n) is 5.80. The van der Waals surface area contributed by atoms with Crippen LogP contribution in [0.25, 0.3) is 0 Å². The molecule has 0 saturated heterocycles. The maximum absolute atomic E-state index is 11.4. The number of hydrogen-bond donors (Lipinski definition) is 2. The zero-order valence-corrected chi connectivity index (χ0v) is 10.5. The summed E-state index contributed by atoms with van der Waals surface area (Å²) >= 11 is 0. The van der Waals surface area contributed by atoms with Crippen molar-refractivity contribution < 1.29 is 9.90 Å². The molecule has 1 aromatic rings. The van der Waals surface area contributed by atoms with E-state index in [1.807, 2.05) is 30.3 Å². The zero-order chi connectivity index (χ0) is 11.4. The number of rotatable bonds is 3. The third kappa shape index (κ3) is 3.13. The van der Waals surface area contributed by atoms with Gasteiger partial charge in [-0.05, 0) is 25.0 Å². The number of carbonyl (C=O) groups is 1. The van der Waals surface area contributed by atoms with Gasteiger partial charge in [0, 0.05) is 5.69 Å².